The number of carbonyl (C=O) groups is 1. The number of amides is 1. The van der Waals surface area contributed by atoms with Crippen LogP contribution in [-0.2, 0) is 13.0 Å². The van der Waals surface area contributed by atoms with E-state index in [0.29, 0.717) is 17.0 Å². The molecule has 5 heteroatoms. The first-order valence-corrected chi connectivity index (χ1v) is 9.89. The van der Waals surface area contributed by atoms with Crippen molar-refractivity contribution in [3.8, 4) is 6.07 Å². The van der Waals surface area contributed by atoms with Gasteiger partial charge in [0.25, 0.3) is 5.91 Å². The third-order valence-corrected chi connectivity index (χ3v) is 5.32. The summed E-state index contributed by atoms with van der Waals surface area (Å²) in [7, 11) is 0. The van der Waals surface area contributed by atoms with E-state index in [-0.39, 0.29) is 12.5 Å². The summed E-state index contributed by atoms with van der Waals surface area (Å²) in [6.45, 7) is 4.96. The van der Waals surface area contributed by atoms with Crippen LogP contribution in [0.2, 0.25) is 0 Å². The molecule has 1 amide bonds. The molecular weight excluding hydrogens is 350 g/mol. The first-order chi connectivity index (χ1) is 13.6. The number of rotatable bonds is 6. The molecule has 146 valence electrons. The maximum atomic E-state index is 12.8. The van der Waals surface area contributed by atoms with Gasteiger partial charge >= 0.3 is 0 Å². The molecule has 2 N–H and O–H groups in total. The molecule has 0 saturated carbocycles. The Bertz CT molecular complexity index is 872. The van der Waals surface area contributed by atoms with Gasteiger partial charge in [0.05, 0.1) is 11.6 Å². The van der Waals surface area contributed by atoms with Gasteiger partial charge in [-0.25, -0.2) is 0 Å². The lowest BCUT2D eigenvalue weighted by atomic mass is 9.98. The van der Waals surface area contributed by atoms with Crippen molar-refractivity contribution in [1.82, 2.24) is 4.90 Å². The molecule has 1 saturated heterocycles. The van der Waals surface area contributed by atoms with Crippen molar-refractivity contribution < 1.29 is 9.90 Å². The fourth-order valence-electron chi connectivity index (χ4n) is 3.79. The number of aliphatic hydroxyl groups excluding tert-OH is 1. The molecule has 0 unspecified atom stereocenters. The van der Waals surface area contributed by atoms with Gasteiger partial charge < -0.3 is 10.4 Å². The zero-order valence-corrected chi connectivity index (χ0v) is 16.3. The summed E-state index contributed by atoms with van der Waals surface area (Å²) in [4.78, 5) is 15.1. The van der Waals surface area contributed by atoms with Crippen LogP contribution >= 0.6 is 0 Å². The Hall–Kier alpha value is -2.68. The second-order valence-electron chi connectivity index (χ2n) is 7.42. The number of hydrogen-bond donors (Lipinski definition) is 2. The summed E-state index contributed by atoms with van der Waals surface area (Å²) in [5.74, 6) is 0.206. The highest BCUT2D eigenvalue weighted by molar-refractivity contribution is 6.04. The van der Waals surface area contributed by atoms with E-state index in [1.54, 1.807) is 12.1 Å². The Labute approximate surface area is 166 Å². The molecule has 5 nitrogen and oxygen atoms in total. The Kier molecular flexibility index (Phi) is 6.80. The van der Waals surface area contributed by atoms with E-state index in [1.165, 1.54) is 0 Å². The minimum absolute atomic E-state index is 0.145. The zero-order valence-electron chi connectivity index (χ0n) is 16.3. The minimum Gasteiger partial charge on any atom is -0.396 e. The quantitative estimate of drug-likeness (QED) is 0.807. The third-order valence-electron chi connectivity index (χ3n) is 5.32. The number of aliphatic hydroxyl groups is 1. The third kappa shape index (κ3) is 4.98. The van der Waals surface area contributed by atoms with Crippen molar-refractivity contribution in [1.29, 1.82) is 5.26 Å². The summed E-state index contributed by atoms with van der Waals surface area (Å²) >= 11 is 0. The summed E-state index contributed by atoms with van der Waals surface area (Å²) in [6.07, 6.45) is 2.93. The van der Waals surface area contributed by atoms with Crippen LogP contribution < -0.4 is 5.32 Å². The molecule has 1 heterocycles. The lowest BCUT2D eigenvalue weighted by Crippen LogP contribution is -2.36. The summed E-state index contributed by atoms with van der Waals surface area (Å²) in [5.41, 5.74) is 4.02. The molecule has 0 radical (unpaired) electrons. The van der Waals surface area contributed by atoms with Crippen molar-refractivity contribution in [2.75, 3.05) is 25.0 Å². The van der Waals surface area contributed by atoms with Crippen LogP contribution in [0.3, 0.4) is 0 Å². The number of piperidine rings is 1. The van der Waals surface area contributed by atoms with Crippen molar-refractivity contribution in [2.45, 2.75) is 32.7 Å². The van der Waals surface area contributed by atoms with Crippen LogP contribution in [0.4, 0.5) is 5.69 Å². The van der Waals surface area contributed by atoms with E-state index in [4.69, 9.17) is 5.26 Å². The highest BCUT2D eigenvalue weighted by Crippen LogP contribution is 2.21. The van der Waals surface area contributed by atoms with Crippen LogP contribution in [0, 0.1) is 17.2 Å². The zero-order chi connectivity index (χ0) is 19.9. The molecule has 28 heavy (non-hydrogen) atoms. The van der Waals surface area contributed by atoms with Crippen molar-refractivity contribution in [3.63, 3.8) is 0 Å². The minimum atomic E-state index is -0.145. The Morgan fingerprint density at radius 1 is 1.32 bits per heavy atom. The number of nitrogens with zero attached hydrogens (tertiary/aromatic N) is 2. The predicted molar refractivity (Wildman–Crippen MR) is 110 cm³/mol. The van der Waals surface area contributed by atoms with Gasteiger partial charge in [-0.2, -0.15) is 5.26 Å². The highest BCUT2D eigenvalue weighted by Gasteiger charge is 2.19. The number of hydrogen-bond acceptors (Lipinski definition) is 4. The molecule has 3 rings (SSSR count). The summed E-state index contributed by atoms with van der Waals surface area (Å²) in [5, 5.41) is 21.4. The van der Waals surface area contributed by atoms with Crippen molar-refractivity contribution >= 4 is 11.6 Å². The fourth-order valence-corrected chi connectivity index (χ4v) is 3.79. The number of anilines is 1. The molecular formula is C23H27N3O2. The number of nitriles is 1. The smallest absolute Gasteiger partial charge is 0.255 e. The van der Waals surface area contributed by atoms with Gasteiger partial charge in [0.1, 0.15) is 0 Å². The van der Waals surface area contributed by atoms with Crippen molar-refractivity contribution in [2.24, 2.45) is 5.92 Å². The van der Waals surface area contributed by atoms with Gasteiger partial charge in [0.2, 0.25) is 0 Å². The summed E-state index contributed by atoms with van der Waals surface area (Å²) < 4.78 is 0. The van der Waals surface area contributed by atoms with Gasteiger partial charge in [-0.15, -0.1) is 0 Å². The number of benzene rings is 2. The highest BCUT2D eigenvalue weighted by atomic mass is 16.3. The Morgan fingerprint density at radius 2 is 2.18 bits per heavy atom. The van der Waals surface area contributed by atoms with Gasteiger partial charge in [0.15, 0.2) is 0 Å². The molecule has 0 aromatic heterocycles. The number of carbonyl (C=O) groups excluding carboxylic acids is 1. The van der Waals surface area contributed by atoms with E-state index in [9.17, 15) is 9.90 Å². The molecule has 0 bridgehead atoms. The van der Waals surface area contributed by atoms with Gasteiger partial charge in [0, 0.05) is 30.9 Å². The van der Waals surface area contributed by atoms with Gasteiger partial charge in [-0.1, -0.05) is 19.1 Å². The van der Waals surface area contributed by atoms with E-state index in [2.05, 4.69) is 16.3 Å². The predicted octanol–water partition coefficient (Wildman–Crippen LogP) is 3.58. The van der Waals surface area contributed by atoms with Crippen LogP contribution in [0.15, 0.2) is 42.5 Å². The molecule has 1 atom stereocenters. The number of likely N-dealkylation sites (tertiary alicyclic amines) is 1. The number of aryl methyl sites for hydroxylation is 1. The van der Waals surface area contributed by atoms with Gasteiger partial charge in [-0.05, 0) is 73.2 Å². The topological polar surface area (TPSA) is 76.4 Å². The average Bonchev–Trinajstić information content (AvgIpc) is 2.74. The first kappa shape index (κ1) is 20.1. The molecule has 1 aliphatic rings. The molecule has 2 aromatic carbocycles. The van der Waals surface area contributed by atoms with E-state index in [1.807, 2.05) is 37.3 Å². The standard InChI is InChI=1S/C23H27N3O2/c1-2-20-11-17(13-24)8-9-22(20)25-23(28)21-7-3-5-18(12-21)14-26-10-4-6-19(15-26)16-27/h3,5,7-9,11-12,19,27H,2,4,6,10,14-16H2,1H3,(H,25,28)/t19-/m0/s1. The normalized spacial score (nSPS) is 17.1. The molecule has 1 fully saturated rings. The van der Waals surface area contributed by atoms with E-state index in [0.717, 1.165) is 55.7 Å². The van der Waals surface area contributed by atoms with Crippen LogP contribution in [0.5, 0.6) is 0 Å². The molecule has 2 aromatic rings. The van der Waals surface area contributed by atoms with Crippen LogP contribution in [0.1, 0.15) is 46.8 Å². The maximum Gasteiger partial charge on any atom is 0.255 e. The van der Waals surface area contributed by atoms with E-state index < -0.39 is 0 Å². The lowest BCUT2D eigenvalue weighted by molar-refractivity contribution is 0.102. The SMILES string of the molecule is CCc1cc(C#N)ccc1NC(=O)c1cccc(CN2CCC[C@H](CO)C2)c1. The molecule has 1 aliphatic heterocycles. The molecule has 0 aliphatic carbocycles. The second-order valence-corrected chi connectivity index (χ2v) is 7.42. The average molecular weight is 377 g/mol. The van der Waals surface area contributed by atoms with Crippen LogP contribution in [0.25, 0.3) is 0 Å². The fraction of sp³-hybridized carbons (Fsp3) is 0.391. The monoisotopic (exact) mass is 377 g/mol. The van der Waals surface area contributed by atoms with Crippen LogP contribution in [-0.4, -0.2) is 35.6 Å². The lowest BCUT2D eigenvalue weighted by Gasteiger charge is -2.31. The second kappa shape index (κ2) is 9.50. The van der Waals surface area contributed by atoms with Crippen molar-refractivity contribution in [3.05, 3.63) is 64.7 Å². The Morgan fingerprint density at radius 3 is 2.93 bits per heavy atom. The summed E-state index contributed by atoms with van der Waals surface area (Å²) in [6, 6.07) is 15.2. The first-order valence-electron chi connectivity index (χ1n) is 9.89. The Balaban J connectivity index is 1.70. The largest absolute Gasteiger partial charge is 0.396 e. The maximum absolute atomic E-state index is 12.8. The van der Waals surface area contributed by atoms with Gasteiger partial charge in [-0.3, -0.25) is 9.69 Å². The van der Waals surface area contributed by atoms with E-state index >= 15 is 0 Å². The molecule has 0 spiro atoms. The number of nitrogens with one attached hydrogen (secondary N) is 1.